The number of nitrogens with zero attached hydrogens (tertiary/aromatic N) is 1. The normalized spacial score (nSPS) is 14.4. The number of carbonyl (C=O) groups is 1. The first kappa shape index (κ1) is 22.0. The van der Waals surface area contributed by atoms with Crippen molar-refractivity contribution in [1.29, 1.82) is 0 Å². The van der Waals surface area contributed by atoms with Crippen molar-refractivity contribution in [2.24, 2.45) is 0 Å². The van der Waals surface area contributed by atoms with E-state index in [1.807, 2.05) is 12.1 Å². The minimum Gasteiger partial charge on any atom is -0.497 e. The molecular formula is C24H33N3O3. The number of hydrogen-bond donors (Lipinski definition) is 2. The van der Waals surface area contributed by atoms with E-state index in [4.69, 9.17) is 9.47 Å². The molecule has 2 N–H and O–H groups in total. The summed E-state index contributed by atoms with van der Waals surface area (Å²) in [6.07, 6.45) is 6.55. The van der Waals surface area contributed by atoms with Crippen LogP contribution in [0.5, 0.6) is 11.5 Å². The molecule has 0 saturated heterocycles. The Kier molecular flexibility index (Phi) is 7.97. The van der Waals surface area contributed by atoms with Crippen molar-refractivity contribution < 1.29 is 14.3 Å². The van der Waals surface area contributed by atoms with Gasteiger partial charge in [-0.05, 0) is 43.7 Å². The largest absolute Gasteiger partial charge is 0.497 e. The molecule has 0 radical (unpaired) electrons. The summed E-state index contributed by atoms with van der Waals surface area (Å²) >= 11 is 0. The molecule has 1 aliphatic carbocycles. The van der Waals surface area contributed by atoms with Gasteiger partial charge in [0.25, 0.3) is 0 Å². The lowest BCUT2D eigenvalue weighted by Gasteiger charge is -2.31. The third-order valence-electron chi connectivity index (χ3n) is 5.76. The fourth-order valence-corrected chi connectivity index (χ4v) is 4.03. The van der Waals surface area contributed by atoms with Gasteiger partial charge in [-0.2, -0.15) is 0 Å². The van der Waals surface area contributed by atoms with Gasteiger partial charge >= 0.3 is 0 Å². The van der Waals surface area contributed by atoms with Gasteiger partial charge in [0.2, 0.25) is 5.91 Å². The molecular weight excluding hydrogens is 378 g/mol. The lowest BCUT2D eigenvalue weighted by molar-refractivity contribution is -0.114. The molecule has 0 heterocycles. The number of ether oxygens (including phenoxy) is 2. The molecule has 2 aromatic carbocycles. The molecule has 1 aliphatic rings. The van der Waals surface area contributed by atoms with Crippen LogP contribution in [0.15, 0.2) is 42.5 Å². The fraction of sp³-hybridized carbons (Fsp3) is 0.458. The highest BCUT2D eigenvalue weighted by molar-refractivity contribution is 5.95. The monoisotopic (exact) mass is 411 g/mol. The first-order valence-electron chi connectivity index (χ1n) is 10.6. The van der Waals surface area contributed by atoms with Crippen LogP contribution >= 0.6 is 0 Å². The molecule has 0 spiro atoms. The fourth-order valence-electron chi connectivity index (χ4n) is 4.03. The number of nitrogens with one attached hydrogen (secondary N) is 2. The molecule has 3 rings (SSSR count). The predicted molar refractivity (Wildman–Crippen MR) is 121 cm³/mol. The van der Waals surface area contributed by atoms with Crippen molar-refractivity contribution in [3.05, 3.63) is 48.0 Å². The Morgan fingerprint density at radius 3 is 2.53 bits per heavy atom. The van der Waals surface area contributed by atoms with Crippen LogP contribution in [0.1, 0.15) is 37.7 Å². The average Bonchev–Trinajstić information content (AvgIpc) is 2.79. The number of benzene rings is 2. The summed E-state index contributed by atoms with van der Waals surface area (Å²) in [5.41, 5.74) is 2.79. The second-order valence-electron chi connectivity index (χ2n) is 7.83. The van der Waals surface area contributed by atoms with Gasteiger partial charge in [0.1, 0.15) is 11.5 Å². The van der Waals surface area contributed by atoms with E-state index >= 15 is 0 Å². The number of amides is 1. The Balaban J connectivity index is 1.60. The van der Waals surface area contributed by atoms with Crippen LogP contribution in [0.25, 0.3) is 0 Å². The summed E-state index contributed by atoms with van der Waals surface area (Å²) in [5, 5.41) is 6.20. The average molecular weight is 412 g/mol. The SMILES string of the molecule is COc1ccc(OC)c(NC(=O)CNc2ccccc2CN(C)C2CCCCC2)c1. The highest BCUT2D eigenvalue weighted by Gasteiger charge is 2.19. The molecule has 0 unspecified atom stereocenters. The molecule has 2 aromatic rings. The summed E-state index contributed by atoms with van der Waals surface area (Å²) in [6.45, 7) is 1.05. The second-order valence-corrected chi connectivity index (χ2v) is 7.83. The van der Waals surface area contributed by atoms with Gasteiger partial charge in [-0.25, -0.2) is 0 Å². The molecule has 1 saturated carbocycles. The maximum atomic E-state index is 12.6. The Morgan fingerprint density at radius 2 is 1.80 bits per heavy atom. The molecule has 30 heavy (non-hydrogen) atoms. The number of para-hydroxylation sites is 1. The molecule has 0 aliphatic heterocycles. The van der Waals surface area contributed by atoms with E-state index < -0.39 is 0 Å². The van der Waals surface area contributed by atoms with E-state index in [0.29, 0.717) is 23.2 Å². The predicted octanol–water partition coefficient (Wildman–Crippen LogP) is 4.52. The van der Waals surface area contributed by atoms with Crippen molar-refractivity contribution >= 4 is 17.3 Å². The summed E-state index contributed by atoms with van der Waals surface area (Å²) in [4.78, 5) is 15.0. The van der Waals surface area contributed by atoms with E-state index in [2.05, 4.69) is 34.7 Å². The van der Waals surface area contributed by atoms with Gasteiger partial charge in [0.15, 0.2) is 0 Å². The Labute approximate surface area is 179 Å². The molecule has 0 atom stereocenters. The molecule has 0 bridgehead atoms. The number of methoxy groups -OCH3 is 2. The Bertz CT molecular complexity index is 834. The Morgan fingerprint density at radius 1 is 1.03 bits per heavy atom. The van der Waals surface area contributed by atoms with Gasteiger partial charge in [-0.15, -0.1) is 0 Å². The first-order valence-corrected chi connectivity index (χ1v) is 10.6. The van der Waals surface area contributed by atoms with Gasteiger partial charge in [-0.3, -0.25) is 9.69 Å². The summed E-state index contributed by atoms with van der Waals surface area (Å²) in [7, 11) is 5.37. The zero-order valence-electron chi connectivity index (χ0n) is 18.2. The van der Waals surface area contributed by atoms with Crippen LogP contribution in [0.4, 0.5) is 11.4 Å². The lowest BCUT2D eigenvalue weighted by Crippen LogP contribution is -2.33. The minimum absolute atomic E-state index is 0.142. The second kappa shape index (κ2) is 10.9. The van der Waals surface area contributed by atoms with Crippen LogP contribution < -0.4 is 20.1 Å². The van der Waals surface area contributed by atoms with E-state index in [0.717, 1.165) is 12.2 Å². The summed E-state index contributed by atoms with van der Waals surface area (Å²) in [5.74, 6) is 1.12. The minimum atomic E-state index is -0.142. The zero-order chi connectivity index (χ0) is 21.3. The van der Waals surface area contributed by atoms with Crippen molar-refractivity contribution in [3.63, 3.8) is 0 Å². The Hall–Kier alpha value is -2.73. The zero-order valence-corrected chi connectivity index (χ0v) is 18.2. The third-order valence-corrected chi connectivity index (χ3v) is 5.76. The van der Waals surface area contributed by atoms with Crippen LogP contribution in [-0.2, 0) is 11.3 Å². The molecule has 6 nitrogen and oxygen atoms in total. The highest BCUT2D eigenvalue weighted by Crippen LogP contribution is 2.29. The number of carbonyl (C=O) groups excluding carboxylic acids is 1. The van der Waals surface area contributed by atoms with Crippen LogP contribution in [-0.4, -0.2) is 44.7 Å². The van der Waals surface area contributed by atoms with Crippen molar-refractivity contribution in [2.45, 2.75) is 44.7 Å². The number of hydrogen-bond acceptors (Lipinski definition) is 5. The molecule has 162 valence electrons. The quantitative estimate of drug-likeness (QED) is 0.635. The van der Waals surface area contributed by atoms with Crippen molar-refractivity contribution in [2.75, 3.05) is 38.4 Å². The number of rotatable bonds is 9. The van der Waals surface area contributed by atoms with E-state index in [1.165, 1.54) is 37.7 Å². The van der Waals surface area contributed by atoms with Crippen LogP contribution in [0, 0.1) is 0 Å². The standard InChI is InChI=1S/C24H33N3O3/c1-27(19-10-5-4-6-11-19)17-18-9-7-8-12-21(18)25-16-24(28)26-22-15-20(29-2)13-14-23(22)30-3/h7-9,12-15,19,25H,4-6,10-11,16-17H2,1-3H3,(H,26,28). The van der Waals surface area contributed by atoms with E-state index in [1.54, 1.807) is 32.4 Å². The lowest BCUT2D eigenvalue weighted by atomic mass is 9.94. The first-order chi connectivity index (χ1) is 14.6. The van der Waals surface area contributed by atoms with Gasteiger partial charge in [-0.1, -0.05) is 37.5 Å². The molecule has 1 amide bonds. The number of anilines is 2. The molecule has 6 heteroatoms. The maximum Gasteiger partial charge on any atom is 0.243 e. The van der Waals surface area contributed by atoms with E-state index in [9.17, 15) is 4.79 Å². The van der Waals surface area contributed by atoms with Gasteiger partial charge < -0.3 is 20.1 Å². The van der Waals surface area contributed by atoms with Crippen molar-refractivity contribution in [1.82, 2.24) is 4.90 Å². The summed E-state index contributed by atoms with van der Waals surface area (Å²) < 4.78 is 10.6. The van der Waals surface area contributed by atoms with Gasteiger partial charge in [0.05, 0.1) is 26.5 Å². The maximum absolute atomic E-state index is 12.6. The van der Waals surface area contributed by atoms with Crippen LogP contribution in [0.3, 0.4) is 0 Å². The highest BCUT2D eigenvalue weighted by atomic mass is 16.5. The smallest absolute Gasteiger partial charge is 0.243 e. The third kappa shape index (κ3) is 5.89. The summed E-state index contributed by atoms with van der Waals surface area (Å²) in [6, 6.07) is 14.2. The van der Waals surface area contributed by atoms with Crippen LogP contribution in [0.2, 0.25) is 0 Å². The topological polar surface area (TPSA) is 62.8 Å². The van der Waals surface area contributed by atoms with Crippen molar-refractivity contribution in [3.8, 4) is 11.5 Å². The van der Waals surface area contributed by atoms with E-state index in [-0.39, 0.29) is 12.5 Å². The molecule has 0 aromatic heterocycles. The molecule has 1 fully saturated rings. The van der Waals surface area contributed by atoms with Gasteiger partial charge in [0, 0.05) is 24.3 Å².